The smallest absolute Gasteiger partial charge is 0.286 e. The number of thiophene rings is 1. The average Bonchev–Trinajstić information content (AvgIpc) is 3.35. The van der Waals surface area contributed by atoms with Gasteiger partial charge in [0.25, 0.3) is 5.91 Å². The number of rotatable bonds is 9. The maximum atomic E-state index is 12.5. The zero-order valence-corrected chi connectivity index (χ0v) is 15.2. The Hall–Kier alpha value is -2.16. The summed E-state index contributed by atoms with van der Waals surface area (Å²) in [7, 11) is 0. The molecule has 1 aliphatic heterocycles. The number of carbonyl (C=O) groups excluding carboxylic acids is 1. The normalized spacial score (nSPS) is 19.7. The van der Waals surface area contributed by atoms with Gasteiger partial charge < -0.3 is 24.9 Å². The summed E-state index contributed by atoms with van der Waals surface area (Å²) in [6.07, 6.45) is 6.58. The molecule has 0 saturated heterocycles. The van der Waals surface area contributed by atoms with Crippen molar-refractivity contribution in [3.8, 4) is 0 Å². The highest BCUT2D eigenvalue weighted by Crippen LogP contribution is 2.33. The van der Waals surface area contributed by atoms with Crippen LogP contribution in [0.3, 0.4) is 0 Å². The Balaban J connectivity index is 1.61. The molecule has 140 valence electrons. The number of nitrogens with one attached hydrogen (secondary N) is 2. The van der Waals surface area contributed by atoms with Crippen molar-refractivity contribution in [3.05, 3.63) is 52.4 Å². The Labute approximate surface area is 156 Å². The highest BCUT2D eigenvalue weighted by Gasteiger charge is 2.29. The van der Waals surface area contributed by atoms with Crippen LogP contribution in [0, 0.1) is 0 Å². The van der Waals surface area contributed by atoms with Gasteiger partial charge in [-0.05, 0) is 23.9 Å². The van der Waals surface area contributed by atoms with Crippen LogP contribution in [-0.4, -0.2) is 47.0 Å². The lowest BCUT2D eigenvalue weighted by Crippen LogP contribution is -2.34. The van der Waals surface area contributed by atoms with Crippen molar-refractivity contribution in [2.24, 2.45) is 0 Å². The van der Waals surface area contributed by atoms with E-state index < -0.39 is 6.29 Å². The van der Waals surface area contributed by atoms with Gasteiger partial charge >= 0.3 is 0 Å². The van der Waals surface area contributed by atoms with Gasteiger partial charge in [0.1, 0.15) is 0 Å². The molecule has 26 heavy (non-hydrogen) atoms. The van der Waals surface area contributed by atoms with Gasteiger partial charge in [-0.2, -0.15) is 0 Å². The summed E-state index contributed by atoms with van der Waals surface area (Å²) in [6.45, 7) is 0.951. The molecule has 1 aliphatic rings. The van der Waals surface area contributed by atoms with E-state index >= 15 is 0 Å². The van der Waals surface area contributed by atoms with Gasteiger partial charge in [-0.15, -0.1) is 11.3 Å². The Morgan fingerprint density at radius 3 is 3.19 bits per heavy atom. The van der Waals surface area contributed by atoms with Crippen molar-refractivity contribution in [2.45, 2.75) is 31.5 Å². The van der Waals surface area contributed by atoms with E-state index in [0.29, 0.717) is 32.4 Å². The van der Waals surface area contributed by atoms with Crippen LogP contribution in [-0.2, 0) is 20.7 Å². The lowest BCUT2D eigenvalue weighted by molar-refractivity contribution is -0.146. The number of hydrogen-bond donors (Lipinski definition) is 3. The zero-order chi connectivity index (χ0) is 18.2. The van der Waals surface area contributed by atoms with Gasteiger partial charge in [0.15, 0.2) is 5.76 Å². The number of aliphatic hydroxyl groups excluding tert-OH is 1. The second-order valence-electron chi connectivity index (χ2n) is 5.97. The number of amides is 1. The molecule has 2 atom stereocenters. The molecule has 0 radical (unpaired) electrons. The number of nitrogens with zero attached hydrogens (tertiary/aromatic N) is 1. The van der Waals surface area contributed by atoms with Crippen molar-refractivity contribution in [3.63, 3.8) is 0 Å². The summed E-state index contributed by atoms with van der Waals surface area (Å²) in [6, 6.07) is 4.05. The number of carbonyl (C=O) groups is 1. The monoisotopic (exact) mass is 377 g/mol. The molecule has 0 aliphatic carbocycles. The third-order valence-electron chi connectivity index (χ3n) is 4.03. The maximum Gasteiger partial charge on any atom is 0.286 e. The predicted molar refractivity (Wildman–Crippen MR) is 97.6 cm³/mol. The van der Waals surface area contributed by atoms with Gasteiger partial charge in [0.2, 0.25) is 6.29 Å². The Morgan fingerprint density at radius 2 is 2.46 bits per heavy atom. The van der Waals surface area contributed by atoms with Crippen LogP contribution >= 0.6 is 11.3 Å². The minimum atomic E-state index is -0.494. The molecule has 0 saturated carbocycles. The lowest BCUT2D eigenvalue weighted by Gasteiger charge is -2.28. The van der Waals surface area contributed by atoms with E-state index in [0.717, 1.165) is 5.69 Å². The van der Waals surface area contributed by atoms with Gasteiger partial charge in [0.05, 0.1) is 12.9 Å². The number of aromatic amines is 1. The molecule has 8 heteroatoms. The SMILES string of the molecule is O=C(NCCc1cnc[nH]1)C1=C[C@H](c2cccs2)C[C@H](OCCCO)O1. The summed E-state index contributed by atoms with van der Waals surface area (Å²) >= 11 is 1.65. The van der Waals surface area contributed by atoms with E-state index in [4.69, 9.17) is 14.6 Å². The number of aliphatic hydroxyl groups is 1. The second kappa shape index (κ2) is 9.51. The minimum Gasteiger partial charge on any atom is -0.459 e. The molecule has 0 spiro atoms. The summed E-state index contributed by atoms with van der Waals surface area (Å²) in [5.74, 6) is 0.117. The van der Waals surface area contributed by atoms with E-state index in [1.54, 1.807) is 23.9 Å². The molecule has 0 aromatic carbocycles. The van der Waals surface area contributed by atoms with Gasteiger partial charge in [-0.1, -0.05) is 6.07 Å². The van der Waals surface area contributed by atoms with Crippen LogP contribution in [0.1, 0.15) is 29.3 Å². The molecule has 3 heterocycles. The van der Waals surface area contributed by atoms with E-state index in [1.807, 2.05) is 17.5 Å². The molecule has 0 fully saturated rings. The number of aromatic nitrogens is 2. The van der Waals surface area contributed by atoms with Crippen LogP contribution in [0.15, 0.2) is 41.9 Å². The van der Waals surface area contributed by atoms with E-state index in [-0.39, 0.29) is 24.2 Å². The number of allylic oxidation sites excluding steroid dienone is 1. The first kappa shape index (κ1) is 18.6. The van der Waals surface area contributed by atoms with E-state index in [9.17, 15) is 4.79 Å². The number of imidazole rings is 1. The topological polar surface area (TPSA) is 96.5 Å². The van der Waals surface area contributed by atoms with Crippen LogP contribution in [0.4, 0.5) is 0 Å². The van der Waals surface area contributed by atoms with E-state index in [1.165, 1.54) is 4.88 Å². The molecule has 3 N–H and O–H groups in total. The van der Waals surface area contributed by atoms with Crippen LogP contribution in [0.5, 0.6) is 0 Å². The molecule has 7 nitrogen and oxygen atoms in total. The van der Waals surface area contributed by atoms with E-state index in [2.05, 4.69) is 21.4 Å². The Kier molecular flexibility index (Phi) is 6.82. The average molecular weight is 377 g/mol. The quantitative estimate of drug-likeness (QED) is 0.581. The summed E-state index contributed by atoms with van der Waals surface area (Å²) in [5.41, 5.74) is 0.963. The van der Waals surface area contributed by atoms with Gasteiger partial charge in [0, 0.05) is 48.7 Å². The van der Waals surface area contributed by atoms with Gasteiger partial charge in [-0.25, -0.2) is 4.98 Å². The molecule has 1 amide bonds. The fraction of sp³-hybridized carbons (Fsp3) is 0.444. The number of hydrogen-bond acceptors (Lipinski definition) is 6. The first-order valence-electron chi connectivity index (χ1n) is 8.66. The van der Waals surface area contributed by atoms with Crippen molar-refractivity contribution >= 4 is 17.2 Å². The molecule has 2 aromatic rings. The van der Waals surface area contributed by atoms with Crippen molar-refractivity contribution < 1.29 is 19.4 Å². The summed E-state index contributed by atoms with van der Waals surface area (Å²) in [5, 5.41) is 13.8. The third kappa shape index (κ3) is 5.17. The molecular weight excluding hydrogens is 354 g/mol. The molecule has 0 unspecified atom stereocenters. The van der Waals surface area contributed by atoms with Gasteiger partial charge in [-0.3, -0.25) is 4.79 Å². The van der Waals surface area contributed by atoms with Crippen LogP contribution in [0.25, 0.3) is 0 Å². The molecular formula is C18H23N3O4S. The fourth-order valence-corrected chi connectivity index (χ4v) is 3.53. The third-order valence-corrected chi connectivity index (χ3v) is 5.03. The fourth-order valence-electron chi connectivity index (χ4n) is 2.72. The Morgan fingerprint density at radius 1 is 1.54 bits per heavy atom. The largest absolute Gasteiger partial charge is 0.459 e. The predicted octanol–water partition coefficient (Wildman–Crippen LogP) is 1.94. The highest BCUT2D eigenvalue weighted by atomic mass is 32.1. The van der Waals surface area contributed by atoms with Crippen molar-refractivity contribution in [2.75, 3.05) is 19.8 Å². The number of ether oxygens (including phenoxy) is 2. The van der Waals surface area contributed by atoms with Crippen molar-refractivity contribution in [1.82, 2.24) is 15.3 Å². The zero-order valence-electron chi connectivity index (χ0n) is 14.4. The van der Waals surface area contributed by atoms with Crippen LogP contribution < -0.4 is 5.32 Å². The molecule has 3 rings (SSSR count). The second-order valence-corrected chi connectivity index (χ2v) is 6.95. The lowest BCUT2D eigenvalue weighted by atomic mass is 9.99. The number of H-pyrrole nitrogens is 1. The minimum absolute atomic E-state index is 0.0673. The summed E-state index contributed by atoms with van der Waals surface area (Å²) < 4.78 is 11.4. The molecule has 2 aromatic heterocycles. The highest BCUT2D eigenvalue weighted by molar-refractivity contribution is 7.10. The maximum absolute atomic E-state index is 12.5. The standard InChI is InChI=1S/C18H23N3O4S/c22-6-2-7-24-17-10-13(16-3-1-8-26-16)9-15(25-17)18(23)20-5-4-14-11-19-12-21-14/h1,3,8-9,11-13,17,22H,2,4-7,10H2,(H,19,21)(H,20,23)/t13-,17+/m0/s1. The summed E-state index contributed by atoms with van der Waals surface area (Å²) in [4.78, 5) is 20.6. The van der Waals surface area contributed by atoms with Crippen LogP contribution in [0.2, 0.25) is 0 Å². The first-order chi connectivity index (χ1) is 12.8. The Bertz CT molecular complexity index is 700. The molecule has 0 bridgehead atoms. The van der Waals surface area contributed by atoms with Crippen molar-refractivity contribution in [1.29, 1.82) is 0 Å². The first-order valence-corrected chi connectivity index (χ1v) is 9.54.